The molecule has 5 heteroatoms. The lowest BCUT2D eigenvalue weighted by molar-refractivity contribution is 0.363. The summed E-state index contributed by atoms with van der Waals surface area (Å²) in [6.45, 7) is 4.10. The number of nitrogens with one attached hydrogen (secondary N) is 2. The second-order valence-corrected chi connectivity index (χ2v) is 5.05. The van der Waals surface area contributed by atoms with Gasteiger partial charge in [-0.2, -0.15) is 0 Å². The SMILES string of the molecule is C=CCOc1ccc(NC(=S)Nc2ccc(Cl)cc2)cc1. The Morgan fingerprint density at radius 1 is 1.05 bits per heavy atom. The zero-order chi connectivity index (χ0) is 15.1. The molecule has 21 heavy (non-hydrogen) atoms. The van der Waals surface area contributed by atoms with Crippen LogP contribution < -0.4 is 15.4 Å². The van der Waals surface area contributed by atoms with Crippen molar-refractivity contribution < 1.29 is 4.74 Å². The fourth-order valence-corrected chi connectivity index (χ4v) is 1.98. The molecule has 0 saturated heterocycles. The Morgan fingerprint density at radius 2 is 1.57 bits per heavy atom. The summed E-state index contributed by atoms with van der Waals surface area (Å²) in [5.41, 5.74) is 1.76. The van der Waals surface area contributed by atoms with Crippen molar-refractivity contribution in [1.82, 2.24) is 0 Å². The molecule has 0 heterocycles. The molecule has 0 aromatic heterocycles. The highest BCUT2D eigenvalue weighted by atomic mass is 35.5. The van der Waals surface area contributed by atoms with Crippen LogP contribution in [0.5, 0.6) is 5.75 Å². The van der Waals surface area contributed by atoms with Crippen molar-refractivity contribution in [2.24, 2.45) is 0 Å². The third kappa shape index (κ3) is 5.10. The molecule has 3 nitrogen and oxygen atoms in total. The fraction of sp³-hybridized carbons (Fsp3) is 0.0625. The second kappa shape index (κ2) is 7.67. The lowest BCUT2D eigenvalue weighted by atomic mass is 10.3. The quantitative estimate of drug-likeness (QED) is 0.617. The van der Waals surface area contributed by atoms with Gasteiger partial charge in [0.25, 0.3) is 0 Å². The minimum absolute atomic E-state index is 0.489. The van der Waals surface area contributed by atoms with E-state index >= 15 is 0 Å². The molecule has 2 N–H and O–H groups in total. The number of benzene rings is 2. The Hall–Kier alpha value is -2.04. The summed E-state index contributed by atoms with van der Waals surface area (Å²) in [5, 5.41) is 7.38. The lowest BCUT2D eigenvalue weighted by Crippen LogP contribution is -2.18. The predicted octanol–water partition coefficient (Wildman–Crippen LogP) is 4.71. The molecule has 2 aromatic carbocycles. The molecule has 2 aromatic rings. The van der Waals surface area contributed by atoms with Gasteiger partial charge in [-0.3, -0.25) is 0 Å². The maximum absolute atomic E-state index is 5.83. The number of hydrogen-bond donors (Lipinski definition) is 2. The highest BCUT2D eigenvalue weighted by molar-refractivity contribution is 7.80. The number of thiocarbonyl (C=S) groups is 1. The molecule has 0 fully saturated rings. The average molecular weight is 319 g/mol. The van der Waals surface area contributed by atoms with Crippen LogP contribution >= 0.6 is 23.8 Å². The number of hydrogen-bond acceptors (Lipinski definition) is 2. The smallest absolute Gasteiger partial charge is 0.175 e. The van der Waals surface area contributed by atoms with Gasteiger partial charge < -0.3 is 15.4 Å². The van der Waals surface area contributed by atoms with E-state index < -0.39 is 0 Å². The van der Waals surface area contributed by atoms with Crippen molar-refractivity contribution in [3.63, 3.8) is 0 Å². The van der Waals surface area contributed by atoms with E-state index in [0.717, 1.165) is 17.1 Å². The normalized spacial score (nSPS) is 9.76. The van der Waals surface area contributed by atoms with Gasteiger partial charge in [0.05, 0.1) is 0 Å². The largest absolute Gasteiger partial charge is 0.490 e. The zero-order valence-corrected chi connectivity index (χ0v) is 12.9. The van der Waals surface area contributed by atoms with E-state index in [-0.39, 0.29) is 0 Å². The molecule has 2 rings (SSSR count). The van der Waals surface area contributed by atoms with Crippen LogP contribution in [-0.2, 0) is 0 Å². The van der Waals surface area contributed by atoms with Crippen LogP contribution in [0.3, 0.4) is 0 Å². The van der Waals surface area contributed by atoms with Crippen molar-refractivity contribution in [3.8, 4) is 5.75 Å². The molecule has 0 aliphatic carbocycles. The van der Waals surface area contributed by atoms with Crippen LogP contribution in [0.15, 0.2) is 61.2 Å². The second-order valence-electron chi connectivity index (χ2n) is 4.21. The lowest BCUT2D eigenvalue weighted by Gasteiger charge is -2.11. The molecule has 0 spiro atoms. The predicted molar refractivity (Wildman–Crippen MR) is 93.4 cm³/mol. The number of halogens is 1. The molecule has 0 saturated carbocycles. The van der Waals surface area contributed by atoms with E-state index in [1.165, 1.54) is 0 Å². The van der Waals surface area contributed by atoms with Crippen molar-refractivity contribution >= 4 is 40.3 Å². The van der Waals surface area contributed by atoms with E-state index in [2.05, 4.69) is 17.2 Å². The molecule has 0 aliphatic heterocycles. The molecule has 0 unspecified atom stereocenters. The molecule has 0 atom stereocenters. The Morgan fingerprint density at radius 3 is 2.10 bits per heavy atom. The number of rotatable bonds is 5. The maximum atomic E-state index is 5.83. The van der Waals surface area contributed by atoms with Crippen LogP contribution in [0.1, 0.15) is 0 Å². The van der Waals surface area contributed by atoms with Gasteiger partial charge in [-0.15, -0.1) is 0 Å². The van der Waals surface area contributed by atoms with E-state index in [0.29, 0.717) is 16.7 Å². The Bertz CT molecular complexity index is 611. The summed E-state index contributed by atoms with van der Waals surface area (Å²) in [7, 11) is 0. The zero-order valence-electron chi connectivity index (χ0n) is 11.3. The monoisotopic (exact) mass is 318 g/mol. The molecule has 0 amide bonds. The van der Waals surface area contributed by atoms with Gasteiger partial charge in [0.1, 0.15) is 12.4 Å². The van der Waals surface area contributed by atoms with Gasteiger partial charge >= 0.3 is 0 Å². The number of anilines is 2. The first kappa shape index (κ1) is 15.4. The van der Waals surface area contributed by atoms with Gasteiger partial charge in [0.15, 0.2) is 5.11 Å². The highest BCUT2D eigenvalue weighted by Crippen LogP contribution is 2.17. The van der Waals surface area contributed by atoms with E-state index in [1.807, 2.05) is 36.4 Å². The Labute approximate surface area is 134 Å². The number of ether oxygens (including phenoxy) is 1. The average Bonchev–Trinajstić information content (AvgIpc) is 2.49. The van der Waals surface area contributed by atoms with E-state index in [4.69, 9.17) is 28.6 Å². The first-order chi connectivity index (χ1) is 10.2. The first-order valence-corrected chi connectivity index (χ1v) is 7.13. The summed E-state index contributed by atoms with van der Waals surface area (Å²) in [6.07, 6.45) is 1.71. The molecular weight excluding hydrogens is 304 g/mol. The highest BCUT2D eigenvalue weighted by Gasteiger charge is 2.00. The van der Waals surface area contributed by atoms with Gasteiger partial charge in [0, 0.05) is 16.4 Å². The van der Waals surface area contributed by atoms with Gasteiger partial charge in [0.2, 0.25) is 0 Å². The molecule has 108 valence electrons. The van der Waals surface area contributed by atoms with Crippen molar-refractivity contribution in [2.75, 3.05) is 17.2 Å². The first-order valence-electron chi connectivity index (χ1n) is 6.35. The summed E-state index contributed by atoms with van der Waals surface area (Å²) >= 11 is 11.1. The van der Waals surface area contributed by atoms with E-state index in [9.17, 15) is 0 Å². The standard InChI is InChI=1S/C16H15ClN2OS/c1-2-11-20-15-9-7-14(8-10-15)19-16(21)18-13-5-3-12(17)4-6-13/h2-10H,1,11H2,(H2,18,19,21). The summed E-state index contributed by atoms with van der Waals surface area (Å²) in [5.74, 6) is 0.789. The van der Waals surface area contributed by atoms with Crippen LogP contribution in [-0.4, -0.2) is 11.7 Å². The van der Waals surface area contributed by atoms with Crippen molar-refractivity contribution in [2.45, 2.75) is 0 Å². The third-order valence-corrected chi connectivity index (χ3v) is 3.04. The van der Waals surface area contributed by atoms with Crippen LogP contribution in [0.25, 0.3) is 0 Å². The molecule has 0 radical (unpaired) electrons. The minimum atomic E-state index is 0.489. The molecule has 0 bridgehead atoms. The third-order valence-electron chi connectivity index (χ3n) is 2.58. The van der Waals surface area contributed by atoms with Crippen LogP contribution in [0.2, 0.25) is 5.02 Å². The Balaban J connectivity index is 1.90. The molecule has 0 aliphatic rings. The Kier molecular flexibility index (Phi) is 5.60. The maximum Gasteiger partial charge on any atom is 0.175 e. The van der Waals surface area contributed by atoms with Crippen LogP contribution in [0.4, 0.5) is 11.4 Å². The molecular formula is C16H15ClN2OS. The van der Waals surface area contributed by atoms with Crippen molar-refractivity contribution in [1.29, 1.82) is 0 Å². The topological polar surface area (TPSA) is 33.3 Å². The summed E-state index contributed by atoms with van der Waals surface area (Å²) < 4.78 is 5.42. The fourth-order valence-electron chi connectivity index (χ4n) is 1.62. The minimum Gasteiger partial charge on any atom is -0.490 e. The summed E-state index contributed by atoms with van der Waals surface area (Å²) in [6, 6.07) is 14.9. The van der Waals surface area contributed by atoms with Gasteiger partial charge in [-0.25, -0.2) is 0 Å². The van der Waals surface area contributed by atoms with E-state index in [1.54, 1.807) is 18.2 Å². The van der Waals surface area contributed by atoms with Gasteiger partial charge in [-0.05, 0) is 60.7 Å². The summed E-state index contributed by atoms with van der Waals surface area (Å²) in [4.78, 5) is 0. The van der Waals surface area contributed by atoms with Gasteiger partial charge in [-0.1, -0.05) is 24.3 Å². The van der Waals surface area contributed by atoms with Crippen LogP contribution in [0, 0.1) is 0 Å². The van der Waals surface area contributed by atoms with Crippen molar-refractivity contribution in [3.05, 3.63) is 66.2 Å².